The van der Waals surface area contributed by atoms with Crippen molar-refractivity contribution >= 4 is 52.2 Å². The summed E-state index contributed by atoms with van der Waals surface area (Å²) in [6, 6.07) is 12.4. The van der Waals surface area contributed by atoms with Gasteiger partial charge in [-0.25, -0.2) is 0 Å². The van der Waals surface area contributed by atoms with Gasteiger partial charge in [0.05, 0.1) is 18.2 Å². The van der Waals surface area contributed by atoms with Gasteiger partial charge in [-0.05, 0) is 23.6 Å². The van der Waals surface area contributed by atoms with E-state index in [4.69, 9.17) is 5.11 Å². The average Bonchev–Trinajstić information content (AvgIpc) is 2.98. The van der Waals surface area contributed by atoms with Crippen molar-refractivity contribution in [1.82, 2.24) is 15.6 Å². The summed E-state index contributed by atoms with van der Waals surface area (Å²) in [5, 5.41) is 15.1. The number of para-hydroxylation sites is 1. The largest absolute Gasteiger partial charge is 0.481 e. The van der Waals surface area contributed by atoms with E-state index in [1.54, 1.807) is 30.3 Å². The lowest BCUT2D eigenvalue weighted by Crippen LogP contribution is -2.52. The molecule has 1 aliphatic heterocycles. The van der Waals surface area contributed by atoms with Gasteiger partial charge in [-0.1, -0.05) is 36.4 Å². The standard InChI is InChI=1S/C26H22N4O7/c31-14-16(11-23(34)35)28-22(33)13-30-20-8-4-3-7-18(20)21(32)12-19(26(30)37)29-25(36)24-17-6-2-1-5-15(17)9-10-27-24/h1-10,14,16,19H,11-13H2,(H,28,33)(H,29,36)(H,34,35)/t16-,19-/m0/s1. The normalized spacial score (nSPS) is 15.9. The summed E-state index contributed by atoms with van der Waals surface area (Å²) in [5.41, 5.74) is 0.418. The summed E-state index contributed by atoms with van der Waals surface area (Å²) in [4.78, 5) is 79.7. The molecule has 11 heteroatoms. The van der Waals surface area contributed by atoms with Gasteiger partial charge in [-0.3, -0.25) is 29.0 Å². The first kappa shape index (κ1) is 25.2. The number of carboxylic acid groups (broad SMARTS) is 1. The number of hydrogen-bond acceptors (Lipinski definition) is 7. The van der Waals surface area contributed by atoms with Crippen LogP contribution in [-0.4, -0.2) is 64.5 Å². The first-order valence-electron chi connectivity index (χ1n) is 11.3. The van der Waals surface area contributed by atoms with Crippen molar-refractivity contribution in [2.24, 2.45) is 0 Å². The van der Waals surface area contributed by atoms with Crippen LogP contribution in [0.5, 0.6) is 0 Å². The Balaban J connectivity index is 1.62. The molecule has 2 atom stereocenters. The van der Waals surface area contributed by atoms with E-state index < -0.39 is 54.5 Å². The molecule has 11 nitrogen and oxygen atoms in total. The summed E-state index contributed by atoms with van der Waals surface area (Å²) in [7, 11) is 0. The number of carboxylic acids is 1. The van der Waals surface area contributed by atoms with Crippen molar-refractivity contribution in [1.29, 1.82) is 0 Å². The maximum atomic E-state index is 13.5. The molecule has 2 aromatic carbocycles. The van der Waals surface area contributed by atoms with Gasteiger partial charge in [0.15, 0.2) is 5.78 Å². The van der Waals surface area contributed by atoms with Crippen LogP contribution in [0.2, 0.25) is 0 Å². The predicted octanol–water partition coefficient (Wildman–Crippen LogP) is 1.11. The Morgan fingerprint density at radius 3 is 2.57 bits per heavy atom. The highest BCUT2D eigenvalue weighted by Gasteiger charge is 2.36. The molecule has 3 N–H and O–H groups in total. The van der Waals surface area contributed by atoms with Crippen molar-refractivity contribution in [2.45, 2.75) is 24.9 Å². The number of ketones is 1. The lowest BCUT2D eigenvalue weighted by molar-refractivity contribution is -0.138. The smallest absolute Gasteiger partial charge is 0.305 e. The fourth-order valence-corrected chi connectivity index (χ4v) is 4.15. The minimum absolute atomic E-state index is 0.0758. The molecule has 0 spiro atoms. The van der Waals surface area contributed by atoms with Crippen LogP contribution >= 0.6 is 0 Å². The highest BCUT2D eigenvalue weighted by Crippen LogP contribution is 2.27. The molecule has 1 aromatic heterocycles. The van der Waals surface area contributed by atoms with Gasteiger partial charge >= 0.3 is 5.97 Å². The van der Waals surface area contributed by atoms with Crippen molar-refractivity contribution in [3.05, 3.63) is 72.1 Å². The first-order chi connectivity index (χ1) is 17.8. The van der Waals surface area contributed by atoms with Gasteiger partial charge in [-0.15, -0.1) is 0 Å². The summed E-state index contributed by atoms with van der Waals surface area (Å²) in [5.74, 6) is -3.90. The molecular weight excluding hydrogens is 480 g/mol. The van der Waals surface area contributed by atoms with E-state index in [0.717, 1.165) is 10.3 Å². The molecule has 0 fully saturated rings. The SMILES string of the molecule is O=C[C@H](CC(=O)O)NC(=O)CN1C(=O)[C@@H](NC(=O)c2nccc3ccccc23)CC(=O)c2ccccc21. The second-order valence-electron chi connectivity index (χ2n) is 8.38. The first-order valence-corrected chi connectivity index (χ1v) is 11.3. The Kier molecular flexibility index (Phi) is 7.33. The molecule has 0 radical (unpaired) electrons. The number of rotatable bonds is 8. The number of carbonyl (C=O) groups excluding carboxylic acids is 5. The number of Topliss-reactive ketones (excluding diaryl/α,β-unsaturated/α-hetero) is 1. The zero-order chi connectivity index (χ0) is 26.5. The highest BCUT2D eigenvalue weighted by molar-refractivity contribution is 6.15. The number of amides is 3. The minimum atomic E-state index is -1.30. The maximum Gasteiger partial charge on any atom is 0.305 e. The molecule has 3 aromatic rings. The topological polar surface area (TPSA) is 163 Å². The summed E-state index contributed by atoms with van der Waals surface area (Å²) < 4.78 is 0. The molecule has 0 bridgehead atoms. The third kappa shape index (κ3) is 5.50. The van der Waals surface area contributed by atoms with Crippen LogP contribution in [0.25, 0.3) is 10.8 Å². The van der Waals surface area contributed by atoms with Gasteiger partial charge in [-0.2, -0.15) is 0 Å². The van der Waals surface area contributed by atoms with Crippen LogP contribution < -0.4 is 15.5 Å². The third-order valence-electron chi connectivity index (χ3n) is 5.85. The van der Waals surface area contributed by atoms with E-state index in [2.05, 4.69) is 15.6 Å². The number of benzene rings is 2. The van der Waals surface area contributed by atoms with Crippen LogP contribution in [0.1, 0.15) is 33.7 Å². The molecule has 0 aliphatic carbocycles. The molecule has 0 saturated carbocycles. The highest BCUT2D eigenvalue weighted by atomic mass is 16.4. The minimum Gasteiger partial charge on any atom is -0.481 e. The molecule has 37 heavy (non-hydrogen) atoms. The summed E-state index contributed by atoms with van der Waals surface area (Å²) >= 11 is 0. The Labute approximate surface area is 210 Å². The number of aromatic nitrogens is 1. The predicted molar refractivity (Wildman–Crippen MR) is 131 cm³/mol. The van der Waals surface area contributed by atoms with E-state index in [-0.39, 0.29) is 29.7 Å². The van der Waals surface area contributed by atoms with Gasteiger partial charge in [0.2, 0.25) is 5.91 Å². The molecule has 188 valence electrons. The second kappa shape index (κ2) is 10.8. The number of anilines is 1. The Morgan fingerprint density at radius 1 is 1.08 bits per heavy atom. The van der Waals surface area contributed by atoms with Crippen LogP contribution in [0.4, 0.5) is 5.69 Å². The zero-order valence-electron chi connectivity index (χ0n) is 19.4. The van der Waals surface area contributed by atoms with Crippen molar-refractivity contribution in [2.75, 3.05) is 11.4 Å². The molecule has 0 unspecified atom stereocenters. The number of nitrogens with zero attached hydrogens (tertiary/aromatic N) is 2. The van der Waals surface area contributed by atoms with Crippen LogP contribution in [-0.2, 0) is 19.2 Å². The Morgan fingerprint density at radius 2 is 1.81 bits per heavy atom. The van der Waals surface area contributed by atoms with Crippen LogP contribution in [0.3, 0.4) is 0 Å². The summed E-state index contributed by atoms with van der Waals surface area (Å²) in [6.45, 7) is -0.605. The van der Waals surface area contributed by atoms with Crippen LogP contribution in [0.15, 0.2) is 60.8 Å². The quantitative estimate of drug-likeness (QED) is 0.386. The number of nitrogens with one attached hydrogen (secondary N) is 2. The van der Waals surface area contributed by atoms with E-state index in [9.17, 15) is 28.8 Å². The monoisotopic (exact) mass is 502 g/mol. The molecule has 1 aliphatic rings. The number of fused-ring (bicyclic) bond motifs is 2. The van der Waals surface area contributed by atoms with Crippen molar-refractivity contribution < 1.29 is 33.9 Å². The maximum absolute atomic E-state index is 13.5. The van der Waals surface area contributed by atoms with Crippen LogP contribution in [0, 0.1) is 0 Å². The molecule has 4 rings (SSSR count). The van der Waals surface area contributed by atoms with Gasteiger partial charge in [0, 0.05) is 23.6 Å². The fraction of sp³-hybridized carbons (Fsp3) is 0.192. The molecule has 3 amide bonds. The number of aliphatic carboxylic acids is 1. The van der Waals surface area contributed by atoms with Crippen molar-refractivity contribution in [3.63, 3.8) is 0 Å². The number of pyridine rings is 1. The number of hydrogen-bond donors (Lipinski definition) is 3. The third-order valence-corrected chi connectivity index (χ3v) is 5.85. The zero-order valence-corrected chi connectivity index (χ0v) is 19.4. The lowest BCUT2D eigenvalue weighted by Gasteiger charge is -2.26. The Bertz CT molecular complexity index is 1420. The average molecular weight is 502 g/mol. The Hall–Kier alpha value is -4.93. The van der Waals surface area contributed by atoms with E-state index in [1.807, 2.05) is 12.1 Å². The lowest BCUT2D eigenvalue weighted by atomic mass is 10.0. The van der Waals surface area contributed by atoms with E-state index in [1.165, 1.54) is 18.3 Å². The van der Waals surface area contributed by atoms with E-state index >= 15 is 0 Å². The number of aldehydes is 1. The second-order valence-corrected chi connectivity index (χ2v) is 8.38. The van der Waals surface area contributed by atoms with E-state index in [0.29, 0.717) is 5.39 Å². The molecule has 2 heterocycles. The van der Waals surface area contributed by atoms with Gasteiger partial charge in [0.1, 0.15) is 24.6 Å². The summed E-state index contributed by atoms with van der Waals surface area (Å²) in [6.07, 6.45) is 0.772. The van der Waals surface area contributed by atoms with Crippen molar-refractivity contribution in [3.8, 4) is 0 Å². The van der Waals surface area contributed by atoms with Gasteiger partial charge < -0.3 is 25.4 Å². The fourth-order valence-electron chi connectivity index (χ4n) is 4.15. The molecule has 0 saturated heterocycles. The molecular formula is C26H22N4O7. The number of carbonyl (C=O) groups is 6. The van der Waals surface area contributed by atoms with Gasteiger partial charge in [0.25, 0.3) is 11.8 Å².